The maximum Gasteiger partial charge on any atom is 0.239 e. The van der Waals surface area contributed by atoms with Gasteiger partial charge in [0.15, 0.2) is 0 Å². The van der Waals surface area contributed by atoms with Gasteiger partial charge in [-0.25, -0.2) is 13.1 Å². The summed E-state index contributed by atoms with van der Waals surface area (Å²) < 4.78 is 26.2. The molecule has 0 heterocycles. The molecule has 2 aromatic rings. The number of nitrogens with one attached hydrogen (secondary N) is 2. The normalized spacial score (nSPS) is 11.2. The number of para-hydroxylation sites is 1. The first-order valence-corrected chi connectivity index (χ1v) is 9.53. The van der Waals surface area contributed by atoms with E-state index in [2.05, 4.69) is 10.0 Å². The van der Waals surface area contributed by atoms with Crippen LogP contribution in [0.2, 0.25) is 10.0 Å². The van der Waals surface area contributed by atoms with Crippen LogP contribution in [-0.4, -0.2) is 26.6 Å². The molecule has 128 valence electrons. The van der Waals surface area contributed by atoms with Crippen LogP contribution in [-0.2, 0) is 21.2 Å². The van der Waals surface area contributed by atoms with Crippen LogP contribution in [0.4, 0.5) is 5.69 Å². The van der Waals surface area contributed by atoms with Crippen LogP contribution < -0.4 is 10.0 Å². The minimum Gasteiger partial charge on any atom is -0.322 e. The lowest BCUT2D eigenvalue weighted by atomic mass is 10.2. The fourth-order valence-electron chi connectivity index (χ4n) is 1.95. The number of aryl methyl sites for hydroxylation is 1. The van der Waals surface area contributed by atoms with E-state index in [1.54, 1.807) is 18.2 Å². The summed E-state index contributed by atoms with van der Waals surface area (Å²) in [5.41, 5.74) is 1.17. The minimum atomic E-state index is -3.56. The number of amides is 1. The van der Waals surface area contributed by atoms with Crippen molar-refractivity contribution in [3.05, 3.63) is 64.1 Å². The summed E-state index contributed by atoms with van der Waals surface area (Å²) in [7, 11) is -3.56. The second kappa shape index (κ2) is 8.48. The molecule has 0 spiro atoms. The van der Waals surface area contributed by atoms with Gasteiger partial charge in [-0.3, -0.25) is 4.79 Å². The van der Waals surface area contributed by atoms with Crippen molar-refractivity contribution in [2.24, 2.45) is 0 Å². The van der Waals surface area contributed by atoms with Crippen molar-refractivity contribution >= 4 is 44.8 Å². The molecule has 24 heavy (non-hydrogen) atoms. The van der Waals surface area contributed by atoms with Gasteiger partial charge in [0.05, 0.1) is 28.0 Å². The fourth-order valence-corrected chi connectivity index (χ4v) is 3.44. The van der Waals surface area contributed by atoms with E-state index in [4.69, 9.17) is 23.2 Å². The number of rotatable bonds is 7. The van der Waals surface area contributed by atoms with E-state index in [0.717, 1.165) is 5.56 Å². The lowest BCUT2D eigenvalue weighted by molar-refractivity contribution is -0.115. The summed E-state index contributed by atoms with van der Waals surface area (Å²) in [5, 5.41) is 3.06. The lowest BCUT2D eigenvalue weighted by Crippen LogP contribution is -2.34. The number of hydrogen-bond acceptors (Lipinski definition) is 3. The summed E-state index contributed by atoms with van der Waals surface area (Å²) in [6.45, 7) is -0.390. The standard InChI is InChI=1S/C16H16Cl2N2O3S/c17-13-7-4-8-14(18)16(13)20-15(21)11-19-24(22,23)10-9-12-5-2-1-3-6-12/h1-8,19H,9-11H2,(H,20,21). The van der Waals surface area contributed by atoms with E-state index in [0.29, 0.717) is 6.42 Å². The molecular weight excluding hydrogens is 371 g/mol. The number of sulfonamides is 1. The van der Waals surface area contributed by atoms with Crippen molar-refractivity contribution in [2.45, 2.75) is 6.42 Å². The first kappa shape index (κ1) is 18.7. The van der Waals surface area contributed by atoms with E-state index < -0.39 is 22.5 Å². The second-order valence-corrected chi connectivity index (χ2v) is 7.76. The second-order valence-electron chi connectivity index (χ2n) is 5.02. The molecule has 0 unspecified atom stereocenters. The Morgan fingerprint density at radius 1 is 0.958 bits per heavy atom. The summed E-state index contributed by atoms with van der Waals surface area (Å²) in [6, 6.07) is 14.0. The highest BCUT2D eigenvalue weighted by molar-refractivity contribution is 7.89. The molecule has 0 bridgehead atoms. The van der Waals surface area contributed by atoms with Gasteiger partial charge in [0.25, 0.3) is 0 Å². The van der Waals surface area contributed by atoms with Gasteiger partial charge in [-0.05, 0) is 24.1 Å². The average molecular weight is 387 g/mol. The summed E-state index contributed by atoms with van der Waals surface area (Å²) in [5.74, 6) is -0.648. The van der Waals surface area contributed by atoms with Crippen LogP contribution in [0.1, 0.15) is 5.56 Å². The topological polar surface area (TPSA) is 75.3 Å². The quantitative estimate of drug-likeness (QED) is 0.767. The van der Waals surface area contributed by atoms with E-state index in [1.807, 2.05) is 30.3 Å². The molecule has 0 aliphatic heterocycles. The van der Waals surface area contributed by atoms with Crippen molar-refractivity contribution in [1.82, 2.24) is 4.72 Å². The molecule has 0 radical (unpaired) electrons. The Balaban J connectivity index is 1.86. The predicted octanol–water partition coefficient (Wildman–Crippen LogP) is 3.09. The summed E-state index contributed by atoms with van der Waals surface area (Å²) >= 11 is 11.9. The van der Waals surface area contributed by atoms with Crippen molar-refractivity contribution in [3.8, 4) is 0 Å². The van der Waals surface area contributed by atoms with Crippen LogP contribution >= 0.6 is 23.2 Å². The number of anilines is 1. The van der Waals surface area contributed by atoms with E-state index in [9.17, 15) is 13.2 Å². The van der Waals surface area contributed by atoms with Crippen molar-refractivity contribution < 1.29 is 13.2 Å². The largest absolute Gasteiger partial charge is 0.322 e. The Morgan fingerprint density at radius 2 is 1.58 bits per heavy atom. The van der Waals surface area contributed by atoms with Crippen LogP contribution in [0.3, 0.4) is 0 Å². The predicted molar refractivity (Wildman–Crippen MR) is 97.0 cm³/mol. The average Bonchev–Trinajstić information content (AvgIpc) is 2.56. The minimum absolute atomic E-state index is 0.100. The Labute approximate surface area is 151 Å². The third-order valence-corrected chi connectivity index (χ3v) is 5.14. The first-order valence-electron chi connectivity index (χ1n) is 7.12. The van der Waals surface area contributed by atoms with Gasteiger partial charge in [0, 0.05) is 0 Å². The maximum atomic E-state index is 12.0. The van der Waals surface area contributed by atoms with Crippen molar-refractivity contribution in [1.29, 1.82) is 0 Å². The van der Waals surface area contributed by atoms with Gasteiger partial charge < -0.3 is 5.32 Å². The zero-order valence-corrected chi connectivity index (χ0v) is 15.0. The zero-order chi connectivity index (χ0) is 17.6. The summed E-state index contributed by atoms with van der Waals surface area (Å²) in [6.07, 6.45) is 0.369. The van der Waals surface area contributed by atoms with E-state index in [1.165, 1.54) is 0 Å². The number of hydrogen-bond donors (Lipinski definition) is 2. The third-order valence-electron chi connectivity index (χ3n) is 3.18. The monoisotopic (exact) mass is 386 g/mol. The third kappa shape index (κ3) is 5.79. The number of benzene rings is 2. The van der Waals surface area contributed by atoms with Crippen LogP contribution in [0.15, 0.2) is 48.5 Å². The molecule has 0 saturated heterocycles. The first-order chi connectivity index (χ1) is 11.4. The number of halogens is 2. The highest BCUT2D eigenvalue weighted by atomic mass is 35.5. The van der Waals surface area contributed by atoms with E-state index >= 15 is 0 Å². The smallest absolute Gasteiger partial charge is 0.239 e. The van der Waals surface area contributed by atoms with Crippen LogP contribution in [0.5, 0.6) is 0 Å². The summed E-state index contributed by atoms with van der Waals surface area (Å²) in [4.78, 5) is 11.9. The molecule has 0 fully saturated rings. The Kier molecular flexibility index (Phi) is 6.62. The molecule has 2 aromatic carbocycles. The zero-order valence-electron chi connectivity index (χ0n) is 12.6. The van der Waals surface area contributed by atoms with Gasteiger partial charge in [-0.1, -0.05) is 59.6 Å². The molecule has 8 heteroatoms. The van der Waals surface area contributed by atoms with Gasteiger partial charge in [-0.2, -0.15) is 0 Å². The van der Waals surface area contributed by atoms with Gasteiger partial charge in [0.1, 0.15) is 0 Å². The molecule has 5 nitrogen and oxygen atoms in total. The molecule has 0 atom stereocenters. The van der Waals surface area contributed by atoms with Gasteiger partial charge >= 0.3 is 0 Å². The molecular formula is C16H16Cl2N2O3S. The molecule has 2 N–H and O–H groups in total. The molecule has 0 saturated carbocycles. The molecule has 0 aliphatic rings. The maximum absolute atomic E-state index is 12.0. The van der Waals surface area contributed by atoms with Crippen molar-refractivity contribution in [2.75, 3.05) is 17.6 Å². The Bertz CT molecular complexity index is 791. The lowest BCUT2D eigenvalue weighted by Gasteiger charge is -2.10. The van der Waals surface area contributed by atoms with Crippen molar-refractivity contribution in [3.63, 3.8) is 0 Å². The highest BCUT2D eigenvalue weighted by Gasteiger charge is 2.14. The number of carbonyl (C=O) groups excluding carboxylic acids is 1. The fraction of sp³-hybridized carbons (Fsp3) is 0.188. The Hall–Kier alpha value is -1.60. The molecule has 1 amide bonds. The Morgan fingerprint density at radius 3 is 2.21 bits per heavy atom. The number of carbonyl (C=O) groups is 1. The van der Waals surface area contributed by atoms with Crippen LogP contribution in [0, 0.1) is 0 Å². The van der Waals surface area contributed by atoms with Gasteiger partial charge in [-0.15, -0.1) is 0 Å². The molecule has 0 aliphatic carbocycles. The van der Waals surface area contributed by atoms with Crippen LogP contribution in [0.25, 0.3) is 0 Å². The van der Waals surface area contributed by atoms with Gasteiger partial charge in [0.2, 0.25) is 15.9 Å². The molecule has 2 rings (SSSR count). The highest BCUT2D eigenvalue weighted by Crippen LogP contribution is 2.29. The van der Waals surface area contributed by atoms with E-state index in [-0.39, 0.29) is 21.5 Å². The molecule has 0 aromatic heterocycles. The SMILES string of the molecule is O=C(CNS(=O)(=O)CCc1ccccc1)Nc1c(Cl)cccc1Cl.